The maximum atomic E-state index is 12.9. The van der Waals surface area contributed by atoms with E-state index in [4.69, 9.17) is 31.8 Å². The second-order valence-corrected chi connectivity index (χ2v) is 8.90. The van der Waals surface area contributed by atoms with Crippen LogP contribution in [0, 0.1) is 10.2 Å². The first kappa shape index (κ1) is 25.0. The maximum Gasteiger partial charge on any atom is 0.267 e. The van der Waals surface area contributed by atoms with Gasteiger partial charge >= 0.3 is 0 Å². The molecular formula is C27H26N6O4S. The van der Waals surface area contributed by atoms with Crippen molar-refractivity contribution in [2.24, 2.45) is 0 Å². The third kappa shape index (κ3) is 4.71. The molecule has 10 nitrogen and oxygen atoms in total. The average molecular weight is 531 g/mol. The molecule has 0 unspecified atom stereocenters. The molecule has 0 saturated heterocycles. The molecule has 0 aliphatic carbocycles. The summed E-state index contributed by atoms with van der Waals surface area (Å²) in [5.41, 5.74) is 4.11. The highest BCUT2D eigenvalue weighted by Crippen LogP contribution is 2.30. The Hall–Kier alpha value is -4.64. The van der Waals surface area contributed by atoms with Gasteiger partial charge in [0.25, 0.3) is 5.91 Å². The second kappa shape index (κ2) is 10.4. The molecule has 4 N–H and O–H groups in total. The summed E-state index contributed by atoms with van der Waals surface area (Å²) < 4.78 is 17.8. The van der Waals surface area contributed by atoms with Crippen LogP contribution >= 0.6 is 12.2 Å². The summed E-state index contributed by atoms with van der Waals surface area (Å²) >= 11 is 5.48. The van der Waals surface area contributed by atoms with Crippen molar-refractivity contribution in [3.05, 3.63) is 70.7 Å². The van der Waals surface area contributed by atoms with E-state index in [9.17, 15) is 4.79 Å². The van der Waals surface area contributed by atoms with Crippen LogP contribution in [0.1, 0.15) is 10.5 Å². The van der Waals surface area contributed by atoms with Crippen LogP contribution in [0.15, 0.2) is 54.7 Å². The van der Waals surface area contributed by atoms with Crippen LogP contribution in [0.4, 0.5) is 0 Å². The van der Waals surface area contributed by atoms with E-state index in [0.29, 0.717) is 45.3 Å². The lowest BCUT2D eigenvalue weighted by molar-refractivity contribution is 0.0948. The van der Waals surface area contributed by atoms with Gasteiger partial charge in [0.2, 0.25) is 5.88 Å². The van der Waals surface area contributed by atoms with Crippen LogP contribution in [0.3, 0.4) is 0 Å². The second-order valence-electron chi connectivity index (χ2n) is 8.51. The number of pyridine rings is 1. The van der Waals surface area contributed by atoms with Crippen molar-refractivity contribution < 1.29 is 19.0 Å². The van der Waals surface area contributed by atoms with Crippen molar-refractivity contribution in [1.29, 1.82) is 5.41 Å². The molecule has 194 valence electrons. The number of ether oxygens (including phenoxy) is 3. The SMILES string of the molecule is COc1ccc(-c2ccc3[nH]c(C(=O)NCCn4c(=S)[nH]c5cc(OC)c(OC)cc5c4=N)cc3c2)cn1. The minimum Gasteiger partial charge on any atom is -0.493 e. The third-order valence-electron chi connectivity index (χ3n) is 6.30. The van der Waals surface area contributed by atoms with E-state index in [1.54, 1.807) is 44.2 Å². The predicted molar refractivity (Wildman–Crippen MR) is 146 cm³/mol. The van der Waals surface area contributed by atoms with E-state index >= 15 is 0 Å². The maximum absolute atomic E-state index is 12.9. The van der Waals surface area contributed by atoms with Gasteiger partial charge in [0.15, 0.2) is 16.3 Å². The Morgan fingerprint density at radius 1 is 0.974 bits per heavy atom. The number of aromatic nitrogens is 4. The minimum atomic E-state index is -0.247. The highest BCUT2D eigenvalue weighted by Gasteiger charge is 2.13. The number of carbonyl (C=O) groups excluding carboxylic acids is 1. The van der Waals surface area contributed by atoms with E-state index in [-0.39, 0.29) is 17.9 Å². The lowest BCUT2D eigenvalue weighted by Crippen LogP contribution is -2.32. The molecule has 0 radical (unpaired) electrons. The van der Waals surface area contributed by atoms with Crippen molar-refractivity contribution in [3.63, 3.8) is 0 Å². The number of rotatable bonds is 8. The van der Waals surface area contributed by atoms with Gasteiger partial charge in [0.1, 0.15) is 11.2 Å². The molecule has 0 saturated carbocycles. The Bertz CT molecular complexity index is 1770. The molecule has 38 heavy (non-hydrogen) atoms. The van der Waals surface area contributed by atoms with Gasteiger partial charge < -0.3 is 34.1 Å². The molecule has 2 aromatic carbocycles. The fourth-order valence-corrected chi connectivity index (χ4v) is 4.60. The van der Waals surface area contributed by atoms with Gasteiger partial charge in [-0.15, -0.1) is 0 Å². The third-order valence-corrected chi connectivity index (χ3v) is 6.62. The number of aromatic amines is 2. The lowest BCUT2D eigenvalue weighted by Gasteiger charge is -2.13. The molecule has 0 aliphatic heterocycles. The van der Waals surface area contributed by atoms with Crippen LogP contribution in [0.5, 0.6) is 17.4 Å². The van der Waals surface area contributed by atoms with Gasteiger partial charge in [-0.1, -0.05) is 6.07 Å². The van der Waals surface area contributed by atoms with Crippen molar-refractivity contribution in [2.75, 3.05) is 27.9 Å². The van der Waals surface area contributed by atoms with E-state index in [2.05, 4.69) is 20.3 Å². The van der Waals surface area contributed by atoms with E-state index in [0.717, 1.165) is 22.0 Å². The summed E-state index contributed by atoms with van der Waals surface area (Å²) in [5.74, 6) is 1.36. The number of amides is 1. The summed E-state index contributed by atoms with van der Waals surface area (Å²) in [6.45, 7) is 0.600. The highest BCUT2D eigenvalue weighted by molar-refractivity contribution is 7.71. The van der Waals surface area contributed by atoms with Crippen LogP contribution in [-0.4, -0.2) is 53.3 Å². The van der Waals surface area contributed by atoms with Gasteiger partial charge in [-0.25, -0.2) is 4.98 Å². The number of methoxy groups -OCH3 is 3. The van der Waals surface area contributed by atoms with Gasteiger partial charge in [0, 0.05) is 53.3 Å². The van der Waals surface area contributed by atoms with Crippen molar-refractivity contribution in [3.8, 4) is 28.5 Å². The van der Waals surface area contributed by atoms with Crippen LogP contribution in [0.2, 0.25) is 0 Å². The zero-order valence-electron chi connectivity index (χ0n) is 21.0. The highest BCUT2D eigenvalue weighted by atomic mass is 32.1. The van der Waals surface area contributed by atoms with Gasteiger partial charge in [-0.2, -0.15) is 0 Å². The zero-order valence-corrected chi connectivity index (χ0v) is 21.9. The molecule has 1 amide bonds. The van der Waals surface area contributed by atoms with E-state index in [1.165, 1.54) is 0 Å². The molecule has 3 aromatic heterocycles. The summed E-state index contributed by atoms with van der Waals surface area (Å²) in [4.78, 5) is 23.4. The lowest BCUT2D eigenvalue weighted by atomic mass is 10.1. The predicted octanol–water partition coefficient (Wildman–Crippen LogP) is 4.18. The monoisotopic (exact) mass is 530 g/mol. The molecule has 0 aliphatic rings. The van der Waals surface area contributed by atoms with Gasteiger partial charge in [-0.05, 0) is 48.1 Å². The number of hydrogen-bond donors (Lipinski definition) is 4. The summed E-state index contributed by atoms with van der Waals surface area (Å²) in [6.07, 6.45) is 1.75. The summed E-state index contributed by atoms with van der Waals surface area (Å²) in [5, 5.41) is 13.1. The van der Waals surface area contributed by atoms with Crippen molar-refractivity contribution in [1.82, 2.24) is 24.8 Å². The fourth-order valence-electron chi connectivity index (χ4n) is 4.30. The number of fused-ring (bicyclic) bond motifs is 2. The molecular weight excluding hydrogens is 504 g/mol. The number of hydrogen-bond acceptors (Lipinski definition) is 7. The topological polar surface area (TPSA) is 130 Å². The number of nitrogens with one attached hydrogen (secondary N) is 4. The average Bonchev–Trinajstić information content (AvgIpc) is 3.38. The molecule has 5 aromatic rings. The molecule has 11 heteroatoms. The molecule has 0 fully saturated rings. The first-order valence-electron chi connectivity index (χ1n) is 11.8. The normalized spacial score (nSPS) is 11.0. The quantitative estimate of drug-likeness (QED) is 0.223. The Morgan fingerprint density at radius 2 is 1.74 bits per heavy atom. The van der Waals surface area contributed by atoms with E-state index < -0.39 is 0 Å². The summed E-state index contributed by atoms with van der Waals surface area (Å²) in [7, 11) is 4.68. The first-order chi connectivity index (χ1) is 18.4. The summed E-state index contributed by atoms with van der Waals surface area (Å²) in [6, 6.07) is 15.0. The zero-order chi connectivity index (χ0) is 26.8. The van der Waals surface area contributed by atoms with Crippen LogP contribution in [-0.2, 0) is 6.54 Å². The Balaban J connectivity index is 1.31. The first-order valence-corrected chi connectivity index (χ1v) is 12.2. The van der Waals surface area contributed by atoms with Crippen molar-refractivity contribution >= 4 is 39.9 Å². The largest absolute Gasteiger partial charge is 0.493 e. The van der Waals surface area contributed by atoms with Gasteiger partial charge in [-0.3, -0.25) is 10.2 Å². The smallest absolute Gasteiger partial charge is 0.267 e. The van der Waals surface area contributed by atoms with Crippen LogP contribution in [0.25, 0.3) is 32.9 Å². The Kier molecular flexibility index (Phi) is 6.84. The number of H-pyrrole nitrogens is 2. The standard InChI is InChI=1S/C27H26N6O4S/c1-35-22-12-18-20(13-23(22)36-2)32-27(38)33(25(18)28)9-8-29-26(34)21-11-17-10-15(4-6-19(17)31-21)16-5-7-24(37-3)30-14-16/h4-7,10-14,28,31H,8-9H2,1-3H3,(H,29,34)(H,32,38). The van der Waals surface area contributed by atoms with Gasteiger partial charge in [0.05, 0.1) is 26.8 Å². The Labute approximate surface area is 222 Å². The molecule has 0 bridgehead atoms. The van der Waals surface area contributed by atoms with Crippen molar-refractivity contribution in [2.45, 2.75) is 6.54 Å². The molecule has 3 heterocycles. The number of benzene rings is 2. The fraction of sp³-hybridized carbons (Fsp3) is 0.185. The van der Waals surface area contributed by atoms with Crippen LogP contribution < -0.4 is 25.0 Å². The minimum absolute atomic E-state index is 0.213. The molecule has 0 atom stereocenters. The number of carbonyl (C=O) groups is 1. The number of nitrogens with zero attached hydrogens (tertiary/aromatic N) is 2. The Morgan fingerprint density at radius 3 is 2.45 bits per heavy atom. The molecule has 5 rings (SSSR count). The molecule has 0 spiro atoms. The van der Waals surface area contributed by atoms with E-state index in [1.807, 2.05) is 36.4 Å².